The molecule has 0 aliphatic carbocycles. The van der Waals surface area contributed by atoms with Crippen molar-refractivity contribution in [2.75, 3.05) is 12.3 Å². The summed E-state index contributed by atoms with van der Waals surface area (Å²) in [5, 5.41) is 2.98. The Balaban J connectivity index is 1.78. The molecule has 1 aromatic carbocycles. The predicted molar refractivity (Wildman–Crippen MR) is 87.9 cm³/mol. The van der Waals surface area contributed by atoms with E-state index in [1.54, 1.807) is 18.0 Å². The standard InChI is InChI=1S/C17H21NO2S/c1-12-9-14(3)16(10-13(12)2)17(19)18-6-8-21-11-15-5-4-7-20-15/h4-5,7,9-10H,6,8,11H2,1-3H3,(H,18,19). The Morgan fingerprint density at radius 2 is 1.95 bits per heavy atom. The molecule has 21 heavy (non-hydrogen) atoms. The van der Waals surface area contributed by atoms with Crippen molar-refractivity contribution < 1.29 is 9.21 Å². The molecule has 0 spiro atoms. The maximum atomic E-state index is 12.2. The number of carbonyl (C=O) groups excluding carboxylic acids is 1. The lowest BCUT2D eigenvalue weighted by atomic mass is 10.0. The molecule has 0 fully saturated rings. The van der Waals surface area contributed by atoms with Crippen LogP contribution < -0.4 is 5.32 Å². The van der Waals surface area contributed by atoms with Gasteiger partial charge in [0.15, 0.2) is 0 Å². The summed E-state index contributed by atoms with van der Waals surface area (Å²) < 4.78 is 5.26. The number of rotatable bonds is 6. The molecule has 0 saturated heterocycles. The predicted octanol–water partition coefficient (Wildman–Crippen LogP) is 3.87. The number of carbonyl (C=O) groups is 1. The van der Waals surface area contributed by atoms with Crippen LogP contribution in [0.25, 0.3) is 0 Å². The SMILES string of the molecule is Cc1cc(C)c(C(=O)NCCSCc2ccco2)cc1C. The van der Waals surface area contributed by atoms with Crippen LogP contribution in [0.3, 0.4) is 0 Å². The van der Waals surface area contributed by atoms with Crippen molar-refractivity contribution in [3.05, 3.63) is 58.5 Å². The van der Waals surface area contributed by atoms with Crippen LogP contribution in [0.1, 0.15) is 32.8 Å². The van der Waals surface area contributed by atoms with Gasteiger partial charge in [0, 0.05) is 17.9 Å². The van der Waals surface area contributed by atoms with Crippen molar-refractivity contribution in [3.8, 4) is 0 Å². The van der Waals surface area contributed by atoms with Crippen molar-refractivity contribution in [2.24, 2.45) is 0 Å². The van der Waals surface area contributed by atoms with Crippen LogP contribution in [0.5, 0.6) is 0 Å². The van der Waals surface area contributed by atoms with Gasteiger partial charge in [-0.3, -0.25) is 4.79 Å². The third-order valence-electron chi connectivity index (χ3n) is 3.44. The molecule has 0 saturated carbocycles. The lowest BCUT2D eigenvalue weighted by Crippen LogP contribution is -2.26. The molecule has 1 heterocycles. The highest BCUT2D eigenvalue weighted by molar-refractivity contribution is 7.98. The molecule has 0 aliphatic rings. The van der Waals surface area contributed by atoms with Crippen LogP contribution in [0.4, 0.5) is 0 Å². The quantitative estimate of drug-likeness (QED) is 0.824. The zero-order chi connectivity index (χ0) is 15.2. The second-order valence-corrected chi connectivity index (χ2v) is 6.24. The molecule has 0 unspecified atom stereocenters. The Morgan fingerprint density at radius 3 is 2.67 bits per heavy atom. The van der Waals surface area contributed by atoms with Gasteiger partial charge in [-0.05, 0) is 55.7 Å². The Labute approximate surface area is 130 Å². The lowest BCUT2D eigenvalue weighted by Gasteiger charge is -2.10. The second-order valence-electron chi connectivity index (χ2n) is 5.14. The van der Waals surface area contributed by atoms with Crippen LogP contribution in [-0.4, -0.2) is 18.2 Å². The highest BCUT2D eigenvalue weighted by Gasteiger charge is 2.10. The molecule has 112 valence electrons. The van der Waals surface area contributed by atoms with Gasteiger partial charge in [-0.2, -0.15) is 11.8 Å². The van der Waals surface area contributed by atoms with Crippen LogP contribution in [0.15, 0.2) is 34.9 Å². The first-order valence-electron chi connectivity index (χ1n) is 7.04. The fourth-order valence-electron chi connectivity index (χ4n) is 2.10. The number of hydrogen-bond acceptors (Lipinski definition) is 3. The van der Waals surface area contributed by atoms with Gasteiger partial charge in [0.25, 0.3) is 5.91 Å². The van der Waals surface area contributed by atoms with E-state index in [0.717, 1.165) is 34.0 Å². The highest BCUT2D eigenvalue weighted by Crippen LogP contribution is 2.15. The molecule has 0 bridgehead atoms. The number of aryl methyl sites for hydroxylation is 3. The minimum Gasteiger partial charge on any atom is -0.468 e. The van der Waals surface area contributed by atoms with Gasteiger partial charge in [-0.15, -0.1) is 0 Å². The normalized spacial score (nSPS) is 10.6. The van der Waals surface area contributed by atoms with E-state index in [-0.39, 0.29) is 5.91 Å². The van der Waals surface area contributed by atoms with Crippen molar-refractivity contribution in [1.29, 1.82) is 0 Å². The topological polar surface area (TPSA) is 42.2 Å². The maximum Gasteiger partial charge on any atom is 0.251 e. The van der Waals surface area contributed by atoms with Gasteiger partial charge >= 0.3 is 0 Å². The lowest BCUT2D eigenvalue weighted by molar-refractivity contribution is 0.0955. The second kappa shape index (κ2) is 7.36. The minimum atomic E-state index is 0.00852. The molecule has 2 rings (SSSR count). The summed E-state index contributed by atoms with van der Waals surface area (Å²) in [4.78, 5) is 12.2. The average Bonchev–Trinajstić information content (AvgIpc) is 2.95. The first-order chi connectivity index (χ1) is 10.1. The summed E-state index contributed by atoms with van der Waals surface area (Å²) in [6.07, 6.45) is 1.68. The van der Waals surface area contributed by atoms with Gasteiger partial charge in [-0.25, -0.2) is 0 Å². The van der Waals surface area contributed by atoms with Crippen molar-refractivity contribution in [2.45, 2.75) is 26.5 Å². The largest absolute Gasteiger partial charge is 0.468 e. The summed E-state index contributed by atoms with van der Waals surface area (Å²) in [6, 6.07) is 7.89. The molecular weight excluding hydrogens is 282 g/mol. The van der Waals surface area contributed by atoms with Crippen LogP contribution in [-0.2, 0) is 5.75 Å². The molecule has 1 N–H and O–H groups in total. The first kappa shape index (κ1) is 15.7. The Morgan fingerprint density at radius 1 is 1.19 bits per heavy atom. The van der Waals surface area contributed by atoms with Crippen LogP contribution >= 0.6 is 11.8 Å². The molecule has 1 amide bonds. The summed E-state index contributed by atoms with van der Waals surface area (Å²) in [5.74, 6) is 2.69. The van der Waals surface area contributed by atoms with Crippen LogP contribution in [0, 0.1) is 20.8 Å². The molecular formula is C17H21NO2S. The van der Waals surface area contributed by atoms with Crippen molar-refractivity contribution in [1.82, 2.24) is 5.32 Å². The van der Waals surface area contributed by atoms with E-state index in [0.29, 0.717) is 6.54 Å². The highest BCUT2D eigenvalue weighted by atomic mass is 32.2. The monoisotopic (exact) mass is 303 g/mol. The van der Waals surface area contributed by atoms with Crippen molar-refractivity contribution in [3.63, 3.8) is 0 Å². The average molecular weight is 303 g/mol. The third kappa shape index (κ3) is 4.39. The van der Waals surface area contributed by atoms with Crippen molar-refractivity contribution >= 4 is 17.7 Å². The molecule has 1 aromatic heterocycles. The van der Waals surface area contributed by atoms with E-state index < -0.39 is 0 Å². The van der Waals surface area contributed by atoms with Gasteiger partial charge in [-0.1, -0.05) is 6.07 Å². The Kier molecular flexibility index (Phi) is 5.51. The molecule has 3 nitrogen and oxygen atoms in total. The van der Waals surface area contributed by atoms with Gasteiger partial charge in [0.1, 0.15) is 5.76 Å². The van der Waals surface area contributed by atoms with Gasteiger partial charge in [0.05, 0.1) is 12.0 Å². The molecule has 0 aliphatic heterocycles. The number of hydrogen-bond donors (Lipinski definition) is 1. The first-order valence-corrected chi connectivity index (χ1v) is 8.19. The van der Waals surface area contributed by atoms with E-state index in [2.05, 4.69) is 18.3 Å². The fourth-order valence-corrected chi connectivity index (χ4v) is 2.86. The van der Waals surface area contributed by atoms with Gasteiger partial charge < -0.3 is 9.73 Å². The Bertz CT molecular complexity index is 606. The zero-order valence-electron chi connectivity index (χ0n) is 12.7. The summed E-state index contributed by atoms with van der Waals surface area (Å²) in [5.41, 5.74) is 4.17. The van der Waals surface area contributed by atoms with E-state index in [1.165, 1.54) is 5.56 Å². The number of benzene rings is 1. The van der Waals surface area contributed by atoms with Crippen LogP contribution in [0.2, 0.25) is 0 Å². The molecule has 4 heteroatoms. The van der Waals surface area contributed by atoms with E-state index in [1.807, 2.05) is 32.0 Å². The maximum absolute atomic E-state index is 12.2. The zero-order valence-corrected chi connectivity index (χ0v) is 13.5. The molecule has 0 atom stereocenters. The Hall–Kier alpha value is -1.68. The van der Waals surface area contributed by atoms with E-state index in [9.17, 15) is 4.79 Å². The summed E-state index contributed by atoms with van der Waals surface area (Å²) >= 11 is 1.75. The third-order valence-corrected chi connectivity index (χ3v) is 4.42. The number of thioether (sulfide) groups is 1. The number of amides is 1. The minimum absolute atomic E-state index is 0.00852. The summed E-state index contributed by atoms with van der Waals surface area (Å²) in [6.45, 7) is 6.74. The van der Waals surface area contributed by atoms with E-state index in [4.69, 9.17) is 4.42 Å². The number of furan rings is 1. The summed E-state index contributed by atoms with van der Waals surface area (Å²) in [7, 11) is 0. The number of nitrogens with one attached hydrogen (secondary N) is 1. The van der Waals surface area contributed by atoms with E-state index >= 15 is 0 Å². The molecule has 0 radical (unpaired) electrons. The van der Waals surface area contributed by atoms with Gasteiger partial charge in [0.2, 0.25) is 0 Å². The smallest absolute Gasteiger partial charge is 0.251 e. The fraction of sp³-hybridized carbons (Fsp3) is 0.353. The molecule has 2 aromatic rings.